The molecule has 2 amide bonds. The highest BCUT2D eigenvalue weighted by atomic mass is 16.7. The molecule has 4 rings (SSSR count). The average molecular weight is 416 g/mol. The van der Waals surface area contributed by atoms with E-state index in [9.17, 15) is 14.4 Å². The molecule has 0 aromatic heterocycles. The van der Waals surface area contributed by atoms with Gasteiger partial charge < -0.3 is 24.4 Å². The van der Waals surface area contributed by atoms with Gasteiger partial charge in [-0.3, -0.25) is 14.4 Å². The summed E-state index contributed by atoms with van der Waals surface area (Å²) in [5.74, 6) is 0.812. The van der Waals surface area contributed by atoms with E-state index in [0.29, 0.717) is 48.9 Å². The van der Waals surface area contributed by atoms with E-state index in [2.05, 4.69) is 5.32 Å². The third kappa shape index (κ3) is 4.59. The number of Topliss-reactive ketones (excluding diaryl/α,β-unsaturated/α-hetero) is 1. The zero-order valence-electron chi connectivity index (χ0n) is 17.3. The van der Waals surface area contributed by atoms with Crippen LogP contribution in [0.5, 0.6) is 11.5 Å². The van der Waals surface area contributed by atoms with Crippen molar-refractivity contribution in [3.05, 3.63) is 17.7 Å². The lowest BCUT2D eigenvalue weighted by molar-refractivity contribution is -0.148. The molecular weight excluding hydrogens is 388 g/mol. The smallest absolute Gasteiger partial charge is 0.251 e. The molecule has 1 aromatic rings. The van der Waals surface area contributed by atoms with Gasteiger partial charge in [-0.25, -0.2) is 0 Å². The van der Waals surface area contributed by atoms with Gasteiger partial charge in [0.2, 0.25) is 12.7 Å². The van der Waals surface area contributed by atoms with Crippen LogP contribution in [0.4, 0.5) is 5.69 Å². The van der Waals surface area contributed by atoms with Crippen molar-refractivity contribution in [2.45, 2.75) is 51.6 Å². The number of amides is 2. The van der Waals surface area contributed by atoms with Crippen LogP contribution in [0.15, 0.2) is 12.1 Å². The summed E-state index contributed by atoms with van der Waals surface area (Å²) in [4.78, 5) is 39.3. The Balaban J connectivity index is 1.37. The van der Waals surface area contributed by atoms with Crippen molar-refractivity contribution in [1.82, 2.24) is 4.90 Å². The second-order valence-electron chi connectivity index (χ2n) is 8.21. The predicted molar refractivity (Wildman–Crippen MR) is 109 cm³/mol. The molecule has 30 heavy (non-hydrogen) atoms. The van der Waals surface area contributed by atoms with Crippen LogP contribution in [0, 0.1) is 5.92 Å². The Labute approximate surface area is 175 Å². The zero-order valence-corrected chi connectivity index (χ0v) is 17.3. The quantitative estimate of drug-likeness (QED) is 0.742. The lowest BCUT2D eigenvalue weighted by Crippen LogP contribution is -2.47. The minimum absolute atomic E-state index is 0.0504. The van der Waals surface area contributed by atoms with E-state index in [1.54, 1.807) is 12.1 Å². The third-order valence-corrected chi connectivity index (χ3v) is 5.93. The molecule has 3 aliphatic rings. The Hall–Kier alpha value is -2.61. The van der Waals surface area contributed by atoms with Crippen LogP contribution in [0.1, 0.15) is 55.8 Å². The Morgan fingerprint density at radius 3 is 2.63 bits per heavy atom. The summed E-state index contributed by atoms with van der Waals surface area (Å²) < 4.78 is 16.3. The maximum Gasteiger partial charge on any atom is 0.251 e. The molecule has 8 heteroatoms. The standard InChI is InChI=1S/C22H28N2O6/c1-14(25)16-10-19-20(30-13-29-19)11-17(16)23-21(26)9-15-5-4-7-24(12-15)22(27)18-6-2-3-8-28-18/h10-11,15,18H,2-9,12-13H2,1H3,(H,23,26). The molecule has 2 fully saturated rings. The molecule has 0 saturated carbocycles. The van der Waals surface area contributed by atoms with Crippen LogP contribution in [0.25, 0.3) is 0 Å². The van der Waals surface area contributed by atoms with Gasteiger partial charge in [0.25, 0.3) is 5.91 Å². The number of benzene rings is 1. The maximum atomic E-state index is 12.7. The SMILES string of the molecule is CC(=O)c1cc2c(cc1NC(=O)CC1CCCN(C(=O)C3CCCCO3)C1)OCO2. The van der Waals surface area contributed by atoms with Gasteiger partial charge in [-0.2, -0.15) is 0 Å². The van der Waals surface area contributed by atoms with Crippen LogP contribution in [-0.4, -0.2) is 55.1 Å². The molecule has 3 heterocycles. The van der Waals surface area contributed by atoms with Crippen molar-refractivity contribution in [2.75, 3.05) is 31.8 Å². The lowest BCUT2D eigenvalue weighted by Gasteiger charge is -2.35. The van der Waals surface area contributed by atoms with E-state index in [1.165, 1.54) is 6.92 Å². The van der Waals surface area contributed by atoms with Crippen molar-refractivity contribution < 1.29 is 28.6 Å². The van der Waals surface area contributed by atoms with Crippen molar-refractivity contribution in [3.8, 4) is 11.5 Å². The number of carbonyl (C=O) groups is 3. The number of hydrogen-bond donors (Lipinski definition) is 1. The minimum Gasteiger partial charge on any atom is -0.454 e. The minimum atomic E-state index is -0.335. The number of likely N-dealkylation sites (tertiary alicyclic amines) is 1. The molecule has 162 valence electrons. The van der Waals surface area contributed by atoms with Gasteiger partial charge in [-0.1, -0.05) is 0 Å². The lowest BCUT2D eigenvalue weighted by atomic mass is 9.93. The molecule has 0 radical (unpaired) electrons. The molecule has 2 atom stereocenters. The molecule has 2 saturated heterocycles. The van der Waals surface area contributed by atoms with Gasteiger partial charge >= 0.3 is 0 Å². The average Bonchev–Trinajstić information content (AvgIpc) is 3.20. The summed E-state index contributed by atoms with van der Waals surface area (Å²) in [6, 6.07) is 3.24. The van der Waals surface area contributed by atoms with Gasteiger partial charge in [0.15, 0.2) is 17.3 Å². The number of hydrogen-bond acceptors (Lipinski definition) is 6. The summed E-state index contributed by atoms with van der Waals surface area (Å²) in [7, 11) is 0. The first kappa shape index (κ1) is 20.7. The van der Waals surface area contributed by atoms with Crippen LogP contribution in [0.3, 0.4) is 0 Å². The van der Waals surface area contributed by atoms with Gasteiger partial charge in [0.05, 0.1) is 5.69 Å². The fraction of sp³-hybridized carbons (Fsp3) is 0.591. The van der Waals surface area contributed by atoms with E-state index >= 15 is 0 Å². The molecule has 2 unspecified atom stereocenters. The van der Waals surface area contributed by atoms with Gasteiger partial charge in [-0.05, 0) is 51.0 Å². The number of ether oxygens (including phenoxy) is 3. The van der Waals surface area contributed by atoms with Crippen LogP contribution >= 0.6 is 0 Å². The summed E-state index contributed by atoms with van der Waals surface area (Å²) in [6.45, 7) is 3.47. The number of fused-ring (bicyclic) bond motifs is 1. The maximum absolute atomic E-state index is 12.7. The topological polar surface area (TPSA) is 94.2 Å². The number of piperidine rings is 1. The first-order valence-corrected chi connectivity index (χ1v) is 10.7. The van der Waals surface area contributed by atoms with Crippen molar-refractivity contribution in [2.24, 2.45) is 5.92 Å². The first-order valence-electron chi connectivity index (χ1n) is 10.7. The largest absolute Gasteiger partial charge is 0.454 e. The van der Waals surface area contributed by atoms with Crippen molar-refractivity contribution >= 4 is 23.3 Å². The number of ketones is 1. The monoisotopic (exact) mass is 416 g/mol. The van der Waals surface area contributed by atoms with Crippen molar-refractivity contribution in [3.63, 3.8) is 0 Å². The Bertz CT molecular complexity index is 833. The van der Waals surface area contributed by atoms with Crippen LogP contribution in [0.2, 0.25) is 0 Å². The summed E-state index contributed by atoms with van der Waals surface area (Å²) in [6.07, 6.45) is 4.53. The van der Waals surface area contributed by atoms with Gasteiger partial charge in [0, 0.05) is 37.7 Å². The molecule has 1 aromatic carbocycles. The summed E-state index contributed by atoms with van der Waals surface area (Å²) in [5.41, 5.74) is 0.818. The Morgan fingerprint density at radius 1 is 1.10 bits per heavy atom. The Kier molecular flexibility index (Phi) is 6.22. The highest BCUT2D eigenvalue weighted by molar-refractivity contribution is 6.04. The normalized spacial score (nSPS) is 23.2. The highest BCUT2D eigenvalue weighted by Gasteiger charge is 2.31. The summed E-state index contributed by atoms with van der Waals surface area (Å²) in [5, 5.41) is 2.85. The molecule has 0 spiro atoms. The Morgan fingerprint density at radius 2 is 1.90 bits per heavy atom. The summed E-state index contributed by atoms with van der Waals surface area (Å²) >= 11 is 0. The van der Waals surface area contributed by atoms with E-state index in [-0.39, 0.29) is 36.4 Å². The second-order valence-corrected chi connectivity index (χ2v) is 8.21. The first-order chi connectivity index (χ1) is 14.5. The van der Waals surface area contributed by atoms with E-state index in [4.69, 9.17) is 14.2 Å². The highest BCUT2D eigenvalue weighted by Crippen LogP contribution is 2.37. The predicted octanol–water partition coefficient (Wildman–Crippen LogP) is 2.75. The van der Waals surface area contributed by atoms with Gasteiger partial charge in [0.1, 0.15) is 6.10 Å². The molecule has 0 aliphatic carbocycles. The van der Waals surface area contributed by atoms with E-state index < -0.39 is 0 Å². The second kappa shape index (κ2) is 9.04. The van der Waals surface area contributed by atoms with Crippen LogP contribution in [-0.2, 0) is 14.3 Å². The van der Waals surface area contributed by atoms with Crippen molar-refractivity contribution in [1.29, 1.82) is 0 Å². The third-order valence-electron chi connectivity index (χ3n) is 5.93. The number of rotatable bonds is 5. The molecule has 8 nitrogen and oxygen atoms in total. The molecular formula is C22H28N2O6. The van der Waals surface area contributed by atoms with Gasteiger partial charge in [-0.15, -0.1) is 0 Å². The van der Waals surface area contributed by atoms with E-state index in [0.717, 1.165) is 32.1 Å². The molecule has 3 aliphatic heterocycles. The fourth-order valence-electron chi connectivity index (χ4n) is 4.37. The molecule has 1 N–H and O–H groups in total. The van der Waals surface area contributed by atoms with Crippen LogP contribution < -0.4 is 14.8 Å². The van der Waals surface area contributed by atoms with E-state index in [1.807, 2.05) is 4.90 Å². The number of carbonyl (C=O) groups excluding carboxylic acids is 3. The molecule has 0 bridgehead atoms. The number of anilines is 1. The zero-order chi connectivity index (χ0) is 21.1. The number of nitrogens with zero attached hydrogens (tertiary/aromatic N) is 1. The fourth-order valence-corrected chi connectivity index (χ4v) is 4.37. The number of nitrogens with one attached hydrogen (secondary N) is 1.